The maximum absolute atomic E-state index is 13.8. The summed E-state index contributed by atoms with van der Waals surface area (Å²) >= 11 is 0. The first-order chi connectivity index (χ1) is 21.9. The molecule has 1 saturated heterocycles. The van der Waals surface area contributed by atoms with E-state index < -0.39 is 35.0 Å². The zero-order chi connectivity index (χ0) is 33.1. The molecule has 0 N–H and O–H groups in total. The molecule has 0 aromatic heterocycles. The number of benzene rings is 2. The molecule has 3 aliphatic rings. The summed E-state index contributed by atoms with van der Waals surface area (Å²) in [4.78, 5) is 39.2. The number of ether oxygens (including phenoxy) is 5. The molecule has 2 aliphatic heterocycles. The van der Waals surface area contributed by atoms with Gasteiger partial charge in [-0.3, -0.25) is 14.4 Å². The van der Waals surface area contributed by atoms with E-state index in [9.17, 15) is 14.4 Å². The number of Topliss-reactive ketones (excluding diaryl/α,β-unsaturated/α-hetero) is 1. The zero-order valence-electron chi connectivity index (χ0n) is 27.9. The molecule has 2 heterocycles. The highest BCUT2D eigenvalue weighted by Crippen LogP contribution is 2.54. The number of esters is 2. The third-order valence-corrected chi connectivity index (χ3v) is 10.1. The van der Waals surface area contributed by atoms with Crippen LogP contribution in [0.4, 0.5) is 0 Å². The zero-order valence-corrected chi connectivity index (χ0v) is 27.9. The smallest absolute Gasteiger partial charge is 0.320 e. The second-order valence-corrected chi connectivity index (χ2v) is 14.0. The van der Waals surface area contributed by atoms with Crippen LogP contribution < -0.4 is 4.74 Å². The number of hydrogen-bond donors (Lipinski definition) is 0. The summed E-state index contributed by atoms with van der Waals surface area (Å²) in [6.07, 6.45) is 5.08. The van der Waals surface area contributed by atoms with Crippen LogP contribution >= 0.6 is 0 Å². The van der Waals surface area contributed by atoms with Gasteiger partial charge in [0.1, 0.15) is 36.6 Å². The van der Waals surface area contributed by atoms with E-state index in [4.69, 9.17) is 23.7 Å². The molecule has 0 unspecified atom stereocenters. The molecule has 0 amide bonds. The van der Waals surface area contributed by atoms with Gasteiger partial charge in [-0.1, -0.05) is 89.2 Å². The molecule has 248 valence electrons. The van der Waals surface area contributed by atoms with Gasteiger partial charge in [-0.25, -0.2) is 0 Å². The number of cyclic esters (lactones) is 1. The van der Waals surface area contributed by atoms with Crippen molar-refractivity contribution in [2.24, 2.45) is 29.1 Å². The monoisotopic (exact) mass is 632 g/mol. The summed E-state index contributed by atoms with van der Waals surface area (Å²) in [6.45, 7) is 10.8. The first-order valence-electron chi connectivity index (χ1n) is 16.5. The van der Waals surface area contributed by atoms with Gasteiger partial charge in [0.2, 0.25) is 0 Å². The molecule has 2 aromatic carbocycles. The third kappa shape index (κ3) is 7.08. The topological polar surface area (TPSA) is 97.4 Å². The summed E-state index contributed by atoms with van der Waals surface area (Å²) in [5.41, 5.74) is 0.442. The Kier molecular flexibility index (Phi) is 10.4. The average molecular weight is 633 g/mol. The molecule has 2 aromatic rings. The van der Waals surface area contributed by atoms with Crippen LogP contribution in [-0.4, -0.2) is 49.2 Å². The quantitative estimate of drug-likeness (QED) is 0.151. The maximum Gasteiger partial charge on any atom is 0.320 e. The number of carbonyl (C=O) groups is 3. The van der Waals surface area contributed by atoms with E-state index in [2.05, 4.69) is 39.8 Å². The van der Waals surface area contributed by atoms with E-state index >= 15 is 0 Å². The molecule has 2 fully saturated rings. The van der Waals surface area contributed by atoms with Gasteiger partial charge < -0.3 is 23.7 Å². The van der Waals surface area contributed by atoms with Crippen molar-refractivity contribution in [2.75, 3.05) is 13.7 Å². The Morgan fingerprint density at radius 2 is 1.80 bits per heavy atom. The lowest BCUT2D eigenvalue weighted by Crippen LogP contribution is -2.65. The fourth-order valence-corrected chi connectivity index (χ4v) is 7.51. The molecule has 8 heteroatoms. The SMILES string of the molecule is CO[C@@H](CC[C@H](C)[C@H]1O[C@]2(C=C[C@@H]1C)[C@H](C(=O)O[C@H]1COC(=O)C1)C(=O)[C@H](C)CC2(C)C)c1cccc(OCc2ccccc2)c1. The van der Waals surface area contributed by atoms with Crippen LogP contribution in [-0.2, 0) is 39.9 Å². The second kappa shape index (κ2) is 14.1. The Labute approximate surface area is 272 Å². The van der Waals surface area contributed by atoms with Crippen molar-refractivity contribution in [2.45, 2.75) is 90.8 Å². The lowest BCUT2D eigenvalue weighted by molar-refractivity contribution is -0.217. The van der Waals surface area contributed by atoms with E-state index in [0.29, 0.717) is 13.0 Å². The number of carbonyl (C=O) groups excluding carboxylic acids is 3. The van der Waals surface area contributed by atoms with Gasteiger partial charge in [-0.2, -0.15) is 0 Å². The Morgan fingerprint density at radius 3 is 2.50 bits per heavy atom. The highest BCUT2D eigenvalue weighted by molar-refractivity contribution is 6.03. The summed E-state index contributed by atoms with van der Waals surface area (Å²) in [5, 5.41) is 0. The van der Waals surface area contributed by atoms with Gasteiger partial charge >= 0.3 is 11.9 Å². The van der Waals surface area contributed by atoms with Crippen molar-refractivity contribution in [3.63, 3.8) is 0 Å². The van der Waals surface area contributed by atoms with Crippen LogP contribution in [0.5, 0.6) is 5.75 Å². The Balaban J connectivity index is 1.30. The van der Waals surface area contributed by atoms with Gasteiger partial charge in [-0.05, 0) is 53.9 Å². The minimum Gasteiger partial charge on any atom is -0.489 e. The van der Waals surface area contributed by atoms with Gasteiger partial charge in [-0.15, -0.1) is 0 Å². The standard InChI is InChI=1S/C38H48O8/c1-24(15-16-31(42-6)28-13-10-14-29(19-28)43-22-27-11-8-7-9-12-27)35-25(2)17-18-38(46-35)33(34(40)26(3)21-37(38,4)5)36(41)45-30-20-32(39)44-23-30/h7-14,17-19,24-26,30-31,33,35H,15-16,20-23H2,1-6H3/t24-,25-,26+,30+,31-,33-,35+,38+/m0/s1. The molecule has 5 rings (SSSR count). The predicted molar refractivity (Wildman–Crippen MR) is 173 cm³/mol. The molecule has 1 spiro atoms. The van der Waals surface area contributed by atoms with Crippen molar-refractivity contribution in [3.05, 3.63) is 77.9 Å². The molecule has 1 aliphatic carbocycles. The van der Waals surface area contributed by atoms with Crippen LogP contribution in [0.1, 0.15) is 77.5 Å². The highest BCUT2D eigenvalue weighted by Gasteiger charge is 2.63. The molecule has 1 saturated carbocycles. The van der Waals surface area contributed by atoms with E-state index in [1.165, 1.54) is 0 Å². The minimum absolute atomic E-state index is 0.00525. The van der Waals surface area contributed by atoms with Crippen LogP contribution in [0.15, 0.2) is 66.7 Å². The largest absolute Gasteiger partial charge is 0.489 e. The molecular weight excluding hydrogens is 584 g/mol. The Hall–Kier alpha value is -3.49. The van der Waals surface area contributed by atoms with Gasteiger partial charge in [0.15, 0.2) is 5.78 Å². The van der Waals surface area contributed by atoms with Gasteiger partial charge in [0.05, 0.1) is 18.6 Å². The molecule has 46 heavy (non-hydrogen) atoms. The van der Waals surface area contributed by atoms with E-state index in [0.717, 1.165) is 29.7 Å². The maximum atomic E-state index is 13.8. The summed E-state index contributed by atoms with van der Waals surface area (Å²) in [5.74, 6) is -1.76. The van der Waals surface area contributed by atoms with Crippen molar-refractivity contribution in [1.29, 1.82) is 0 Å². The van der Waals surface area contributed by atoms with Crippen LogP contribution in [0.3, 0.4) is 0 Å². The lowest BCUT2D eigenvalue weighted by atomic mass is 9.55. The first kappa shape index (κ1) is 33.9. The lowest BCUT2D eigenvalue weighted by Gasteiger charge is -2.56. The average Bonchev–Trinajstić information content (AvgIpc) is 3.44. The minimum atomic E-state index is -1.17. The molecule has 8 nitrogen and oxygen atoms in total. The summed E-state index contributed by atoms with van der Waals surface area (Å²) < 4.78 is 29.8. The second-order valence-electron chi connectivity index (χ2n) is 14.0. The number of hydrogen-bond acceptors (Lipinski definition) is 8. The van der Waals surface area contributed by atoms with Crippen LogP contribution in [0, 0.1) is 29.1 Å². The molecule has 8 atom stereocenters. The Morgan fingerprint density at radius 1 is 1.04 bits per heavy atom. The highest BCUT2D eigenvalue weighted by atomic mass is 16.6. The van der Waals surface area contributed by atoms with Gasteiger partial charge in [0.25, 0.3) is 0 Å². The van der Waals surface area contributed by atoms with E-state index in [1.54, 1.807) is 7.11 Å². The summed E-state index contributed by atoms with van der Waals surface area (Å²) in [6, 6.07) is 18.1. The fourth-order valence-electron chi connectivity index (χ4n) is 7.51. The van der Waals surface area contributed by atoms with Gasteiger partial charge in [0, 0.05) is 18.9 Å². The van der Waals surface area contributed by atoms with Crippen LogP contribution in [0.2, 0.25) is 0 Å². The summed E-state index contributed by atoms with van der Waals surface area (Å²) in [7, 11) is 1.72. The van der Waals surface area contributed by atoms with E-state index in [1.807, 2.05) is 61.5 Å². The first-order valence-corrected chi connectivity index (χ1v) is 16.5. The van der Waals surface area contributed by atoms with Crippen molar-refractivity contribution < 1.29 is 38.1 Å². The van der Waals surface area contributed by atoms with E-state index in [-0.39, 0.29) is 48.8 Å². The Bertz CT molecular complexity index is 1420. The van der Waals surface area contributed by atoms with Crippen molar-refractivity contribution in [3.8, 4) is 5.75 Å². The van der Waals surface area contributed by atoms with Crippen molar-refractivity contribution in [1.82, 2.24) is 0 Å². The molecule has 0 radical (unpaired) electrons. The van der Waals surface area contributed by atoms with Crippen molar-refractivity contribution >= 4 is 17.7 Å². The predicted octanol–water partition coefficient (Wildman–Crippen LogP) is 6.81. The number of ketones is 1. The number of rotatable bonds is 11. The molecular formula is C38H48O8. The molecule has 0 bridgehead atoms. The number of methoxy groups -OCH3 is 1. The normalized spacial score (nSPS) is 30.1. The van der Waals surface area contributed by atoms with Crippen LogP contribution in [0.25, 0.3) is 0 Å². The third-order valence-electron chi connectivity index (χ3n) is 10.1. The fraction of sp³-hybridized carbons (Fsp3) is 0.553.